The average molecular weight is 389 g/mol. The Bertz CT molecular complexity index is 741. The lowest BCUT2D eigenvalue weighted by atomic mass is 9.54. The molecule has 0 aromatic heterocycles. The van der Waals surface area contributed by atoms with Gasteiger partial charge < -0.3 is 24.1 Å². The molecule has 0 amide bonds. The number of fused-ring (bicyclic) bond motifs is 6. The Hall–Kier alpha value is -1.14. The molecule has 4 atom stereocenters. The lowest BCUT2D eigenvalue weighted by Crippen LogP contribution is -2.51. The second-order valence-corrected chi connectivity index (χ2v) is 9.23. The highest BCUT2D eigenvalue weighted by Gasteiger charge is 2.65. The van der Waals surface area contributed by atoms with Gasteiger partial charge in [-0.25, -0.2) is 0 Å². The minimum absolute atomic E-state index is 0.00432. The zero-order chi connectivity index (χ0) is 19.4. The molecule has 2 saturated carbocycles. The van der Waals surface area contributed by atoms with Gasteiger partial charge in [-0.05, 0) is 73.1 Å². The van der Waals surface area contributed by atoms with Crippen LogP contribution in [0, 0.1) is 17.3 Å². The second kappa shape index (κ2) is 6.98. The van der Waals surface area contributed by atoms with E-state index in [2.05, 4.69) is 19.1 Å². The molecule has 0 bridgehead atoms. The van der Waals surface area contributed by atoms with Crippen molar-refractivity contribution in [3.63, 3.8) is 0 Å². The molecule has 3 fully saturated rings. The molecular formula is C23H32O5. The normalized spacial score (nSPS) is 35.5. The second-order valence-electron chi connectivity index (χ2n) is 9.23. The Morgan fingerprint density at radius 1 is 1.14 bits per heavy atom. The van der Waals surface area contributed by atoms with Gasteiger partial charge in [0, 0.05) is 24.5 Å². The highest BCUT2D eigenvalue weighted by atomic mass is 16.7. The Morgan fingerprint density at radius 2 is 1.96 bits per heavy atom. The quantitative estimate of drug-likeness (QED) is 0.796. The first-order chi connectivity index (χ1) is 13.6. The summed E-state index contributed by atoms with van der Waals surface area (Å²) in [4.78, 5) is 0. The van der Waals surface area contributed by atoms with E-state index in [9.17, 15) is 5.11 Å². The summed E-state index contributed by atoms with van der Waals surface area (Å²) in [6.45, 7) is 4.10. The number of aliphatic hydroxyl groups excluding tert-OH is 1. The Labute approximate surface area is 167 Å². The first kappa shape index (κ1) is 18.9. The van der Waals surface area contributed by atoms with Crippen LogP contribution in [0.5, 0.6) is 5.75 Å². The van der Waals surface area contributed by atoms with Crippen LogP contribution in [0.4, 0.5) is 0 Å². The van der Waals surface area contributed by atoms with Crippen LogP contribution in [0.15, 0.2) is 12.1 Å². The number of ether oxygens (including phenoxy) is 4. The van der Waals surface area contributed by atoms with Gasteiger partial charge in [0.25, 0.3) is 0 Å². The fourth-order valence-corrected chi connectivity index (χ4v) is 6.91. The third-order valence-corrected chi connectivity index (χ3v) is 8.21. The third kappa shape index (κ3) is 2.59. The summed E-state index contributed by atoms with van der Waals surface area (Å²) >= 11 is 0. The molecule has 28 heavy (non-hydrogen) atoms. The average Bonchev–Trinajstić information content (AvgIpc) is 3.31. The van der Waals surface area contributed by atoms with Crippen LogP contribution in [0.1, 0.15) is 61.6 Å². The molecule has 1 aliphatic heterocycles. The number of benzene rings is 1. The van der Waals surface area contributed by atoms with E-state index in [-0.39, 0.29) is 24.6 Å². The van der Waals surface area contributed by atoms with Crippen LogP contribution < -0.4 is 4.74 Å². The molecule has 1 aromatic carbocycles. The van der Waals surface area contributed by atoms with Crippen molar-refractivity contribution < 1.29 is 24.1 Å². The standard InChI is InChI=1S/C23H32O5/c1-22-7-5-17-18(20(22)6-8-23(22)27-9-10-28-23)4-3-15-12-21(26-14-25-2)16(13-24)11-19(15)17/h11-12,17-18,20,24H,3-10,13-14H2,1-2H3/t17-,18+,20-,22-/m0/s1. The Balaban J connectivity index is 1.46. The predicted octanol–water partition coefficient (Wildman–Crippen LogP) is 3.76. The number of aliphatic hydroxyl groups is 1. The van der Waals surface area contributed by atoms with E-state index in [4.69, 9.17) is 18.9 Å². The molecule has 4 aliphatic rings. The topological polar surface area (TPSA) is 57.2 Å². The maximum atomic E-state index is 9.89. The van der Waals surface area contributed by atoms with Crippen molar-refractivity contribution in [3.8, 4) is 5.75 Å². The lowest BCUT2D eigenvalue weighted by molar-refractivity contribution is -0.237. The molecule has 1 heterocycles. The molecule has 1 spiro atoms. The van der Waals surface area contributed by atoms with Crippen LogP contribution in [0.25, 0.3) is 0 Å². The number of hydrogen-bond donors (Lipinski definition) is 1. The van der Waals surface area contributed by atoms with Gasteiger partial charge in [-0.1, -0.05) is 6.92 Å². The van der Waals surface area contributed by atoms with E-state index in [1.165, 1.54) is 30.4 Å². The number of methoxy groups -OCH3 is 1. The monoisotopic (exact) mass is 388 g/mol. The molecule has 1 N–H and O–H groups in total. The molecule has 5 heteroatoms. The fraction of sp³-hybridized carbons (Fsp3) is 0.739. The zero-order valence-electron chi connectivity index (χ0n) is 17.0. The summed E-state index contributed by atoms with van der Waals surface area (Å²) in [7, 11) is 1.62. The summed E-state index contributed by atoms with van der Waals surface area (Å²) in [5.74, 6) is 2.32. The molecule has 5 nitrogen and oxygen atoms in total. The van der Waals surface area contributed by atoms with Gasteiger partial charge in [0.1, 0.15) is 5.75 Å². The SMILES string of the molecule is COCOc1cc2c(cc1CO)[C@H]1CC[C@@]3(C)[C@@H](CCC34OCCO4)[C@@H]1CC2. The van der Waals surface area contributed by atoms with Crippen molar-refractivity contribution >= 4 is 0 Å². The molecule has 154 valence electrons. The van der Waals surface area contributed by atoms with Gasteiger partial charge in [-0.15, -0.1) is 0 Å². The van der Waals surface area contributed by atoms with Crippen molar-refractivity contribution in [1.82, 2.24) is 0 Å². The Morgan fingerprint density at radius 3 is 2.71 bits per heavy atom. The van der Waals surface area contributed by atoms with E-state index in [1.807, 2.05) is 0 Å². The number of aryl methyl sites for hydroxylation is 1. The van der Waals surface area contributed by atoms with Crippen LogP contribution in [-0.4, -0.2) is 38.0 Å². The molecule has 0 radical (unpaired) electrons. The van der Waals surface area contributed by atoms with E-state index in [0.717, 1.165) is 43.8 Å². The summed E-state index contributed by atoms with van der Waals surface area (Å²) < 4.78 is 23.2. The first-order valence-corrected chi connectivity index (χ1v) is 10.8. The summed E-state index contributed by atoms with van der Waals surface area (Å²) in [6, 6.07) is 4.34. The van der Waals surface area contributed by atoms with E-state index in [1.54, 1.807) is 7.11 Å². The summed E-state index contributed by atoms with van der Waals surface area (Å²) in [5.41, 5.74) is 3.81. The van der Waals surface area contributed by atoms with Gasteiger partial charge in [0.2, 0.25) is 0 Å². The van der Waals surface area contributed by atoms with Crippen LogP contribution >= 0.6 is 0 Å². The number of hydrogen-bond acceptors (Lipinski definition) is 5. The van der Waals surface area contributed by atoms with Gasteiger partial charge in [0.05, 0.1) is 19.8 Å². The lowest BCUT2D eigenvalue weighted by Gasteiger charge is -2.52. The smallest absolute Gasteiger partial charge is 0.188 e. The van der Waals surface area contributed by atoms with Crippen molar-refractivity contribution in [2.75, 3.05) is 27.1 Å². The van der Waals surface area contributed by atoms with E-state index < -0.39 is 0 Å². The molecule has 1 saturated heterocycles. The highest BCUT2D eigenvalue weighted by Crippen LogP contribution is 2.66. The van der Waals surface area contributed by atoms with E-state index in [0.29, 0.717) is 17.8 Å². The zero-order valence-corrected chi connectivity index (χ0v) is 17.0. The Kier molecular flexibility index (Phi) is 4.70. The predicted molar refractivity (Wildman–Crippen MR) is 104 cm³/mol. The van der Waals surface area contributed by atoms with Crippen molar-refractivity contribution in [3.05, 3.63) is 28.8 Å². The minimum atomic E-state index is -0.336. The number of rotatable bonds is 4. The van der Waals surface area contributed by atoms with Crippen LogP contribution in [-0.2, 0) is 27.2 Å². The maximum Gasteiger partial charge on any atom is 0.188 e. The largest absolute Gasteiger partial charge is 0.467 e. The molecule has 3 aliphatic carbocycles. The fourth-order valence-electron chi connectivity index (χ4n) is 6.91. The maximum absolute atomic E-state index is 9.89. The van der Waals surface area contributed by atoms with Crippen molar-refractivity contribution in [2.45, 2.75) is 63.8 Å². The molecule has 5 rings (SSSR count). The van der Waals surface area contributed by atoms with Gasteiger partial charge in [-0.2, -0.15) is 0 Å². The van der Waals surface area contributed by atoms with Crippen molar-refractivity contribution in [1.29, 1.82) is 0 Å². The van der Waals surface area contributed by atoms with Crippen LogP contribution in [0.3, 0.4) is 0 Å². The molecule has 1 aromatic rings. The minimum Gasteiger partial charge on any atom is -0.467 e. The van der Waals surface area contributed by atoms with Gasteiger partial charge >= 0.3 is 0 Å². The molecular weight excluding hydrogens is 356 g/mol. The third-order valence-electron chi connectivity index (χ3n) is 8.21. The van der Waals surface area contributed by atoms with Gasteiger partial charge in [-0.3, -0.25) is 0 Å². The van der Waals surface area contributed by atoms with E-state index >= 15 is 0 Å². The summed E-state index contributed by atoms with van der Waals surface area (Å²) in [5, 5.41) is 9.89. The van der Waals surface area contributed by atoms with Crippen molar-refractivity contribution in [2.24, 2.45) is 17.3 Å². The summed E-state index contributed by atoms with van der Waals surface area (Å²) in [6.07, 6.45) is 6.85. The van der Waals surface area contributed by atoms with Gasteiger partial charge in [0.15, 0.2) is 12.6 Å². The van der Waals surface area contributed by atoms with Crippen LogP contribution in [0.2, 0.25) is 0 Å². The first-order valence-electron chi connectivity index (χ1n) is 10.8. The molecule has 0 unspecified atom stereocenters. The highest BCUT2D eigenvalue weighted by molar-refractivity contribution is 5.46.